The molecule has 1 rings (SSSR count). The van der Waals surface area contributed by atoms with Crippen LogP contribution in [0.3, 0.4) is 0 Å². The topological polar surface area (TPSA) is 89.7 Å². The SMILES string of the molecule is CCOC(=O)CCN(C)S(=O)(=O)Cc1ccccc1N. The summed E-state index contributed by atoms with van der Waals surface area (Å²) in [6.07, 6.45) is 0.0356. The molecular formula is C13H20N2O4S. The number of carbonyl (C=O) groups excluding carboxylic acids is 1. The number of nitrogen functional groups attached to an aromatic ring is 1. The van der Waals surface area contributed by atoms with Crippen molar-refractivity contribution in [3.8, 4) is 0 Å². The Balaban J connectivity index is 2.64. The molecule has 0 radical (unpaired) electrons. The van der Waals surface area contributed by atoms with Crippen molar-refractivity contribution in [1.82, 2.24) is 4.31 Å². The van der Waals surface area contributed by atoms with E-state index in [0.717, 1.165) is 4.31 Å². The molecule has 0 spiro atoms. The lowest BCUT2D eigenvalue weighted by Gasteiger charge is -2.17. The Kier molecular flexibility index (Phi) is 5.97. The molecule has 2 N–H and O–H groups in total. The Labute approximate surface area is 119 Å². The van der Waals surface area contributed by atoms with Gasteiger partial charge in [-0.05, 0) is 18.6 Å². The summed E-state index contributed by atoms with van der Waals surface area (Å²) in [5.41, 5.74) is 6.72. The summed E-state index contributed by atoms with van der Waals surface area (Å²) >= 11 is 0. The van der Waals surface area contributed by atoms with Gasteiger partial charge in [-0.15, -0.1) is 0 Å². The van der Waals surface area contributed by atoms with Crippen LogP contribution in [0.25, 0.3) is 0 Å². The standard InChI is InChI=1S/C13H20N2O4S/c1-3-19-13(16)8-9-15(2)20(17,18)10-11-6-4-5-7-12(11)14/h4-7H,3,8-10,14H2,1-2H3. The van der Waals surface area contributed by atoms with Gasteiger partial charge in [0.15, 0.2) is 0 Å². The lowest BCUT2D eigenvalue weighted by Crippen LogP contribution is -2.30. The van der Waals surface area contributed by atoms with E-state index in [1.54, 1.807) is 31.2 Å². The van der Waals surface area contributed by atoms with E-state index in [4.69, 9.17) is 10.5 Å². The first-order valence-corrected chi connectivity index (χ1v) is 7.90. The van der Waals surface area contributed by atoms with Crippen LogP contribution in [0.1, 0.15) is 18.9 Å². The van der Waals surface area contributed by atoms with Crippen molar-refractivity contribution in [2.24, 2.45) is 0 Å². The predicted octanol–water partition coefficient (Wildman–Crippen LogP) is 0.984. The zero-order valence-corrected chi connectivity index (χ0v) is 12.5. The van der Waals surface area contributed by atoms with E-state index < -0.39 is 16.0 Å². The van der Waals surface area contributed by atoms with Gasteiger partial charge < -0.3 is 10.5 Å². The van der Waals surface area contributed by atoms with Crippen molar-refractivity contribution in [3.05, 3.63) is 29.8 Å². The zero-order valence-electron chi connectivity index (χ0n) is 11.7. The quantitative estimate of drug-likeness (QED) is 0.599. The molecule has 0 atom stereocenters. The molecule has 20 heavy (non-hydrogen) atoms. The first-order valence-electron chi connectivity index (χ1n) is 6.30. The summed E-state index contributed by atoms with van der Waals surface area (Å²) in [5, 5.41) is 0. The molecule has 1 aromatic rings. The third kappa shape index (κ3) is 4.82. The molecule has 112 valence electrons. The highest BCUT2D eigenvalue weighted by atomic mass is 32.2. The lowest BCUT2D eigenvalue weighted by molar-refractivity contribution is -0.143. The number of rotatable bonds is 7. The van der Waals surface area contributed by atoms with E-state index in [9.17, 15) is 13.2 Å². The zero-order chi connectivity index (χ0) is 15.2. The van der Waals surface area contributed by atoms with Gasteiger partial charge >= 0.3 is 5.97 Å². The van der Waals surface area contributed by atoms with Gasteiger partial charge in [-0.3, -0.25) is 4.79 Å². The van der Waals surface area contributed by atoms with Gasteiger partial charge in [0.1, 0.15) is 0 Å². The molecule has 0 saturated heterocycles. The summed E-state index contributed by atoms with van der Waals surface area (Å²) in [6.45, 7) is 2.08. The van der Waals surface area contributed by atoms with E-state index in [2.05, 4.69) is 0 Å². The first kappa shape index (κ1) is 16.5. The van der Waals surface area contributed by atoms with Crippen molar-refractivity contribution in [3.63, 3.8) is 0 Å². The number of nitrogens with two attached hydrogens (primary N) is 1. The summed E-state index contributed by atoms with van der Waals surface area (Å²) in [4.78, 5) is 11.2. The third-order valence-electron chi connectivity index (χ3n) is 2.80. The molecule has 0 fully saturated rings. The van der Waals surface area contributed by atoms with Gasteiger partial charge in [-0.25, -0.2) is 12.7 Å². The second-order valence-corrected chi connectivity index (χ2v) is 6.41. The molecule has 0 heterocycles. The normalized spacial score (nSPS) is 11.6. The van der Waals surface area contributed by atoms with Crippen LogP contribution in [-0.2, 0) is 25.3 Å². The fourth-order valence-electron chi connectivity index (χ4n) is 1.59. The molecule has 6 nitrogen and oxygen atoms in total. The number of ether oxygens (including phenoxy) is 1. The minimum absolute atomic E-state index is 0.0356. The Morgan fingerprint density at radius 3 is 2.60 bits per heavy atom. The van der Waals surface area contributed by atoms with E-state index >= 15 is 0 Å². The second-order valence-electron chi connectivity index (χ2n) is 4.33. The van der Waals surface area contributed by atoms with Crippen LogP contribution in [0.15, 0.2) is 24.3 Å². The van der Waals surface area contributed by atoms with Crippen LogP contribution >= 0.6 is 0 Å². The van der Waals surface area contributed by atoms with Gasteiger partial charge in [0.2, 0.25) is 10.0 Å². The average molecular weight is 300 g/mol. The molecule has 0 aliphatic carbocycles. The average Bonchev–Trinajstić information content (AvgIpc) is 2.38. The van der Waals surface area contributed by atoms with E-state index in [1.165, 1.54) is 7.05 Å². The van der Waals surface area contributed by atoms with Gasteiger partial charge in [0.25, 0.3) is 0 Å². The number of anilines is 1. The molecular weight excluding hydrogens is 280 g/mol. The maximum absolute atomic E-state index is 12.1. The number of hydrogen-bond donors (Lipinski definition) is 1. The smallest absolute Gasteiger partial charge is 0.307 e. The minimum atomic E-state index is -3.50. The second kappa shape index (κ2) is 7.25. The number of sulfonamides is 1. The third-order valence-corrected chi connectivity index (χ3v) is 4.61. The van der Waals surface area contributed by atoms with Crippen molar-refractivity contribution in [1.29, 1.82) is 0 Å². The molecule has 0 unspecified atom stereocenters. The van der Waals surface area contributed by atoms with Crippen LogP contribution in [-0.4, -0.2) is 38.9 Å². The highest BCUT2D eigenvalue weighted by Crippen LogP contribution is 2.16. The van der Waals surface area contributed by atoms with Gasteiger partial charge in [0.05, 0.1) is 18.8 Å². The predicted molar refractivity (Wildman–Crippen MR) is 77.4 cm³/mol. The Hall–Kier alpha value is -1.60. The monoisotopic (exact) mass is 300 g/mol. The van der Waals surface area contributed by atoms with Crippen LogP contribution < -0.4 is 5.73 Å². The Morgan fingerprint density at radius 1 is 1.35 bits per heavy atom. The van der Waals surface area contributed by atoms with Crippen molar-refractivity contribution in [2.75, 3.05) is 25.9 Å². The fourth-order valence-corrected chi connectivity index (χ4v) is 2.84. The number of nitrogens with zero attached hydrogens (tertiary/aromatic N) is 1. The minimum Gasteiger partial charge on any atom is -0.466 e. The number of carbonyl (C=O) groups is 1. The summed E-state index contributed by atoms with van der Waals surface area (Å²) in [7, 11) is -2.06. The van der Waals surface area contributed by atoms with Crippen molar-refractivity contribution in [2.45, 2.75) is 19.1 Å². The Bertz CT molecular complexity index is 557. The molecule has 0 aliphatic heterocycles. The largest absolute Gasteiger partial charge is 0.466 e. The highest BCUT2D eigenvalue weighted by molar-refractivity contribution is 7.88. The number of hydrogen-bond acceptors (Lipinski definition) is 5. The van der Waals surface area contributed by atoms with Crippen molar-refractivity contribution >= 4 is 21.7 Å². The van der Waals surface area contributed by atoms with Crippen LogP contribution in [0.2, 0.25) is 0 Å². The number of para-hydroxylation sites is 1. The fraction of sp³-hybridized carbons (Fsp3) is 0.462. The summed E-state index contributed by atoms with van der Waals surface area (Å²) < 4.78 is 30.2. The van der Waals surface area contributed by atoms with Crippen LogP contribution in [0.5, 0.6) is 0 Å². The summed E-state index contributed by atoms with van der Waals surface area (Å²) in [6, 6.07) is 6.81. The molecule has 0 bridgehead atoms. The highest BCUT2D eigenvalue weighted by Gasteiger charge is 2.20. The van der Waals surface area contributed by atoms with Gasteiger partial charge in [0, 0.05) is 19.3 Å². The molecule has 7 heteroatoms. The van der Waals surface area contributed by atoms with E-state index in [1.807, 2.05) is 0 Å². The maximum Gasteiger partial charge on any atom is 0.307 e. The van der Waals surface area contributed by atoms with Gasteiger partial charge in [-0.2, -0.15) is 0 Å². The molecule has 1 aromatic carbocycles. The number of esters is 1. The Morgan fingerprint density at radius 2 is 2.00 bits per heavy atom. The molecule has 0 aromatic heterocycles. The maximum atomic E-state index is 12.1. The molecule has 0 aliphatic rings. The first-order chi connectivity index (χ1) is 9.36. The van der Waals surface area contributed by atoms with Gasteiger partial charge in [-0.1, -0.05) is 18.2 Å². The van der Waals surface area contributed by atoms with E-state index in [0.29, 0.717) is 11.3 Å². The van der Waals surface area contributed by atoms with Crippen LogP contribution in [0, 0.1) is 0 Å². The van der Waals surface area contributed by atoms with E-state index in [-0.39, 0.29) is 25.3 Å². The lowest BCUT2D eigenvalue weighted by atomic mass is 10.2. The molecule has 0 saturated carbocycles. The summed E-state index contributed by atoms with van der Waals surface area (Å²) in [5.74, 6) is -0.590. The number of benzene rings is 1. The van der Waals surface area contributed by atoms with Crippen molar-refractivity contribution < 1.29 is 17.9 Å². The van der Waals surface area contributed by atoms with Crippen LogP contribution in [0.4, 0.5) is 5.69 Å². The molecule has 0 amide bonds.